The van der Waals surface area contributed by atoms with Gasteiger partial charge in [0, 0.05) is 18.2 Å². The van der Waals surface area contributed by atoms with Gasteiger partial charge in [-0.05, 0) is 42.0 Å². The monoisotopic (exact) mass is 405 g/mol. The summed E-state index contributed by atoms with van der Waals surface area (Å²) >= 11 is 0. The molecule has 1 amide bonds. The summed E-state index contributed by atoms with van der Waals surface area (Å²) in [5.74, 6) is 2.40. The molecule has 6 heteroatoms. The van der Waals surface area contributed by atoms with Crippen LogP contribution in [0.3, 0.4) is 0 Å². The quantitative estimate of drug-likeness (QED) is 0.629. The van der Waals surface area contributed by atoms with E-state index in [-0.39, 0.29) is 12.5 Å². The normalized spacial score (nSPS) is 12.5. The number of rotatable bonds is 7. The molecule has 1 aliphatic rings. The van der Waals surface area contributed by atoms with Crippen LogP contribution in [0.2, 0.25) is 0 Å². The van der Waals surface area contributed by atoms with Crippen molar-refractivity contribution in [3.8, 4) is 23.0 Å². The maximum atomic E-state index is 12.2. The second-order valence-corrected chi connectivity index (χ2v) is 6.79. The molecule has 1 heterocycles. The van der Waals surface area contributed by atoms with Gasteiger partial charge in [0.25, 0.3) is 5.91 Å². The molecule has 0 bridgehead atoms. The van der Waals surface area contributed by atoms with E-state index in [0.717, 1.165) is 17.7 Å². The molecule has 0 aromatic heterocycles. The number of carbonyl (C=O) groups excluding carboxylic acids is 1. The third-order valence-corrected chi connectivity index (χ3v) is 4.47. The molecule has 4 rings (SSSR count). The highest BCUT2D eigenvalue weighted by Gasteiger charge is 2.12. The standard InChI is InChI=1S/C24H23NO5/c26-24(25-19-7-12-22-23(15-19)28-14-4-13-27-22)17-30-21-10-8-20(9-11-21)29-16-18-5-2-1-3-6-18/h1-3,5-12,15H,4,13-14,16-17H2,(H,25,26). The lowest BCUT2D eigenvalue weighted by Crippen LogP contribution is -2.20. The first-order valence-electron chi connectivity index (χ1n) is 9.85. The van der Waals surface area contributed by atoms with Gasteiger partial charge in [-0.15, -0.1) is 0 Å². The Morgan fingerprint density at radius 1 is 0.833 bits per heavy atom. The number of nitrogens with one attached hydrogen (secondary N) is 1. The summed E-state index contributed by atoms with van der Waals surface area (Å²) in [4.78, 5) is 12.2. The Morgan fingerprint density at radius 2 is 1.53 bits per heavy atom. The molecule has 0 fully saturated rings. The van der Waals surface area contributed by atoms with Gasteiger partial charge in [0.2, 0.25) is 0 Å². The van der Waals surface area contributed by atoms with Crippen LogP contribution in [0, 0.1) is 0 Å². The van der Waals surface area contributed by atoms with Crippen molar-refractivity contribution < 1.29 is 23.7 Å². The third-order valence-electron chi connectivity index (χ3n) is 4.47. The lowest BCUT2D eigenvalue weighted by atomic mass is 10.2. The Labute approximate surface area is 175 Å². The van der Waals surface area contributed by atoms with Gasteiger partial charge in [-0.2, -0.15) is 0 Å². The fourth-order valence-electron chi connectivity index (χ4n) is 2.96. The molecule has 30 heavy (non-hydrogen) atoms. The fraction of sp³-hybridized carbons (Fsp3) is 0.208. The van der Waals surface area contributed by atoms with Gasteiger partial charge in [0.1, 0.15) is 18.1 Å². The van der Waals surface area contributed by atoms with Gasteiger partial charge in [-0.3, -0.25) is 4.79 Å². The minimum atomic E-state index is -0.256. The average Bonchev–Trinajstić information content (AvgIpc) is 3.03. The Balaban J connectivity index is 1.25. The number of hydrogen-bond acceptors (Lipinski definition) is 5. The highest BCUT2D eigenvalue weighted by atomic mass is 16.5. The topological polar surface area (TPSA) is 66.0 Å². The zero-order chi connectivity index (χ0) is 20.6. The van der Waals surface area contributed by atoms with E-state index in [0.29, 0.717) is 42.8 Å². The number of ether oxygens (including phenoxy) is 4. The summed E-state index contributed by atoms with van der Waals surface area (Å²) < 4.78 is 22.5. The lowest BCUT2D eigenvalue weighted by molar-refractivity contribution is -0.118. The Bertz CT molecular complexity index is 973. The summed E-state index contributed by atoms with van der Waals surface area (Å²) in [6.07, 6.45) is 0.834. The molecule has 3 aromatic rings. The van der Waals surface area contributed by atoms with E-state index in [2.05, 4.69) is 5.32 Å². The predicted octanol–water partition coefficient (Wildman–Crippen LogP) is 4.44. The lowest BCUT2D eigenvalue weighted by Gasteiger charge is -2.11. The van der Waals surface area contributed by atoms with Crippen LogP contribution in [0.1, 0.15) is 12.0 Å². The maximum Gasteiger partial charge on any atom is 0.262 e. The van der Waals surface area contributed by atoms with E-state index in [4.69, 9.17) is 18.9 Å². The van der Waals surface area contributed by atoms with Crippen LogP contribution < -0.4 is 24.3 Å². The number of amides is 1. The average molecular weight is 405 g/mol. The van der Waals surface area contributed by atoms with Gasteiger partial charge >= 0.3 is 0 Å². The Hall–Kier alpha value is -3.67. The van der Waals surface area contributed by atoms with E-state index < -0.39 is 0 Å². The summed E-state index contributed by atoms with van der Waals surface area (Å²) in [5, 5.41) is 2.81. The molecule has 0 aliphatic carbocycles. The Kier molecular flexibility index (Phi) is 6.35. The van der Waals surface area contributed by atoms with Crippen molar-refractivity contribution in [1.29, 1.82) is 0 Å². The van der Waals surface area contributed by atoms with Crippen molar-refractivity contribution in [3.05, 3.63) is 78.4 Å². The van der Waals surface area contributed by atoms with Crippen molar-refractivity contribution in [2.24, 2.45) is 0 Å². The number of carbonyl (C=O) groups is 1. The number of hydrogen-bond donors (Lipinski definition) is 1. The van der Waals surface area contributed by atoms with Crippen LogP contribution in [0.15, 0.2) is 72.8 Å². The summed E-state index contributed by atoms with van der Waals surface area (Å²) in [6, 6.07) is 22.5. The highest BCUT2D eigenvalue weighted by Crippen LogP contribution is 2.32. The molecule has 6 nitrogen and oxygen atoms in total. The van der Waals surface area contributed by atoms with E-state index >= 15 is 0 Å². The van der Waals surface area contributed by atoms with Gasteiger partial charge < -0.3 is 24.3 Å². The van der Waals surface area contributed by atoms with Gasteiger partial charge in [-0.1, -0.05) is 30.3 Å². The minimum absolute atomic E-state index is 0.0986. The molecule has 0 spiro atoms. The molecular formula is C24H23NO5. The number of benzene rings is 3. The molecule has 1 N–H and O–H groups in total. The molecule has 3 aromatic carbocycles. The maximum absolute atomic E-state index is 12.2. The largest absolute Gasteiger partial charge is 0.490 e. The summed E-state index contributed by atoms with van der Waals surface area (Å²) in [7, 11) is 0. The minimum Gasteiger partial charge on any atom is -0.490 e. The number of anilines is 1. The van der Waals surface area contributed by atoms with Crippen molar-refractivity contribution in [2.75, 3.05) is 25.1 Å². The van der Waals surface area contributed by atoms with Crippen molar-refractivity contribution in [2.45, 2.75) is 13.0 Å². The van der Waals surface area contributed by atoms with Gasteiger partial charge in [-0.25, -0.2) is 0 Å². The molecule has 0 radical (unpaired) electrons. The smallest absolute Gasteiger partial charge is 0.262 e. The first-order valence-corrected chi connectivity index (χ1v) is 9.85. The van der Waals surface area contributed by atoms with Gasteiger partial charge in [0.15, 0.2) is 18.1 Å². The van der Waals surface area contributed by atoms with Crippen LogP contribution in [0.25, 0.3) is 0 Å². The predicted molar refractivity (Wildman–Crippen MR) is 113 cm³/mol. The van der Waals surface area contributed by atoms with Crippen LogP contribution in [0.5, 0.6) is 23.0 Å². The summed E-state index contributed by atoms with van der Waals surface area (Å²) in [6.45, 7) is 1.62. The molecule has 1 aliphatic heterocycles. The third kappa shape index (κ3) is 5.44. The zero-order valence-electron chi connectivity index (χ0n) is 16.5. The Morgan fingerprint density at radius 3 is 2.30 bits per heavy atom. The molecule has 0 saturated carbocycles. The van der Waals surface area contributed by atoms with Gasteiger partial charge in [0.05, 0.1) is 13.2 Å². The highest BCUT2D eigenvalue weighted by molar-refractivity contribution is 5.92. The van der Waals surface area contributed by atoms with Crippen LogP contribution in [-0.2, 0) is 11.4 Å². The first kappa shape index (κ1) is 19.6. The molecule has 0 unspecified atom stereocenters. The zero-order valence-corrected chi connectivity index (χ0v) is 16.5. The van der Waals surface area contributed by atoms with Crippen LogP contribution >= 0.6 is 0 Å². The number of fused-ring (bicyclic) bond motifs is 1. The second-order valence-electron chi connectivity index (χ2n) is 6.79. The molecular weight excluding hydrogens is 382 g/mol. The first-order chi connectivity index (χ1) is 14.8. The molecule has 154 valence electrons. The summed E-state index contributed by atoms with van der Waals surface area (Å²) in [5.41, 5.74) is 1.74. The van der Waals surface area contributed by atoms with E-state index in [9.17, 15) is 4.79 Å². The molecule has 0 saturated heterocycles. The second kappa shape index (κ2) is 9.69. The van der Waals surface area contributed by atoms with Crippen LogP contribution in [0.4, 0.5) is 5.69 Å². The van der Waals surface area contributed by atoms with E-state index in [1.807, 2.05) is 42.5 Å². The van der Waals surface area contributed by atoms with E-state index in [1.165, 1.54) is 0 Å². The SMILES string of the molecule is O=C(COc1ccc(OCc2ccccc2)cc1)Nc1ccc2c(c1)OCCCO2. The van der Waals surface area contributed by atoms with Crippen molar-refractivity contribution in [1.82, 2.24) is 0 Å². The van der Waals surface area contributed by atoms with Crippen molar-refractivity contribution >= 4 is 11.6 Å². The van der Waals surface area contributed by atoms with Crippen LogP contribution in [-0.4, -0.2) is 25.7 Å². The van der Waals surface area contributed by atoms with E-state index in [1.54, 1.807) is 30.3 Å². The molecule has 0 atom stereocenters. The van der Waals surface area contributed by atoms with Crippen molar-refractivity contribution in [3.63, 3.8) is 0 Å². The fourth-order valence-corrected chi connectivity index (χ4v) is 2.96.